The number of nitrogens with zero attached hydrogens (tertiary/aromatic N) is 3. The van der Waals surface area contributed by atoms with Crippen LogP contribution in [0.15, 0.2) is 48.8 Å². The number of fused-ring (bicyclic) bond motifs is 1. The number of hydrogen-bond donors (Lipinski definition) is 1. The molecule has 0 atom stereocenters. The van der Waals surface area contributed by atoms with Crippen LogP contribution in [0.3, 0.4) is 0 Å². The van der Waals surface area contributed by atoms with Gasteiger partial charge in [-0.1, -0.05) is 18.2 Å². The van der Waals surface area contributed by atoms with Crippen LogP contribution in [-0.4, -0.2) is 21.2 Å². The average Bonchev–Trinajstić information content (AvgIpc) is 2.81. The monoisotopic (exact) mass is 268 g/mol. The lowest BCUT2D eigenvalue weighted by Crippen LogP contribution is -1.99. The van der Waals surface area contributed by atoms with Gasteiger partial charge in [-0.05, 0) is 32.1 Å². The summed E-state index contributed by atoms with van der Waals surface area (Å²) < 4.78 is 1.79. The van der Waals surface area contributed by atoms with E-state index in [4.69, 9.17) is 0 Å². The second kappa shape index (κ2) is 5.97. The molecule has 0 aromatic carbocycles. The van der Waals surface area contributed by atoms with Crippen molar-refractivity contribution >= 4 is 28.8 Å². The largest absolute Gasteiger partial charge is 0.313 e. The quantitative estimate of drug-likeness (QED) is 0.670. The highest BCUT2D eigenvalue weighted by Crippen LogP contribution is 2.20. The molecule has 2 aromatic heterocycles. The van der Waals surface area contributed by atoms with E-state index < -0.39 is 0 Å². The standard InChI is InChI=1S/C15H16N4O/c1-4-5-13(6-11(2)3)19-14-9-16-15(17-10-20)7-12(14)8-18-19/h4-10H,1H2,2-3H3,(H,16,17,20)/b13-5+. The van der Waals surface area contributed by atoms with Crippen LogP contribution in [0.5, 0.6) is 0 Å². The summed E-state index contributed by atoms with van der Waals surface area (Å²) in [6.07, 6.45) is 9.65. The molecule has 1 N–H and O–H groups in total. The van der Waals surface area contributed by atoms with Gasteiger partial charge < -0.3 is 5.32 Å². The molecule has 0 bridgehead atoms. The highest BCUT2D eigenvalue weighted by Gasteiger charge is 2.07. The fraction of sp³-hybridized carbons (Fsp3) is 0.133. The molecule has 0 aliphatic heterocycles. The van der Waals surface area contributed by atoms with Crippen molar-refractivity contribution < 1.29 is 4.79 Å². The molecule has 2 aromatic rings. The Morgan fingerprint density at radius 3 is 2.85 bits per heavy atom. The van der Waals surface area contributed by atoms with E-state index >= 15 is 0 Å². The Labute approximate surface area is 117 Å². The maximum Gasteiger partial charge on any atom is 0.212 e. The van der Waals surface area contributed by atoms with Crippen molar-refractivity contribution in [3.63, 3.8) is 0 Å². The van der Waals surface area contributed by atoms with E-state index in [9.17, 15) is 4.79 Å². The van der Waals surface area contributed by atoms with Gasteiger partial charge in [0.15, 0.2) is 0 Å². The van der Waals surface area contributed by atoms with Gasteiger partial charge in [-0.25, -0.2) is 9.67 Å². The molecule has 0 saturated carbocycles. The fourth-order valence-electron chi connectivity index (χ4n) is 1.87. The number of carbonyl (C=O) groups excluding carboxylic acids is 1. The third kappa shape index (κ3) is 2.83. The third-order valence-electron chi connectivity index (χ3n) is 2.63. The van der Waals surface area contributed by atoms with Crippen LogP contribution < -0.4 is 5.32 Å². The van der Waals surface area contributed by atoms with Gasteiger partial charge in [-0.2, -0.15) is 5.10 Å². The van der Waals surface area contributed by atoms with E-state index in [-0.39, 0.29) is 0 Å². The van der Waals surface area contributed by atoms with Crippen LogP contribution in [0.25, 0.3) is 16.6 Å². The molecule has 2 heterocycles. The predicted octanol–water partition coefficient (Wildman–Crippen LogP) is 2.99. The van der Waals surface area contributed by atoms with E-state index in [0.29, 0.717) is 12.2 Å². The maximum absolute atomic E-state index is 10.4. The van der Waals surface area contributed by atoms with Crippen LogP contribution in [0.1, 0.15) is 13.8 Å². The Kier molecular flexibility index (Phi) is 4.10. The van der Waals surface area contributed by atoms with Crippen LogP contribution in [-0.2, 0) is 4.79 Å². The number of aromatic nitrogens is 3. The van der Waals surface area contributed by atoms with Crippen molar-refractivity contribution in [1.29, 1.82) is 0 Å². The number of allylic oxidation sites excluding steroid dienone is 5. The van der Waals surface area contributed by atoms with Crippen molar-refractivity contribution in [2.75, 3.05) is 5.32 Å². The van der Waals surface area contributed by atoms with E-state index in [1.165, 1.54) is 0 Å². The highest BCUT2D eigenvalue weighted by molar-refractivity contribution is 5.86. The van der Waals surface area contributed by atoms with Crippen molar-refractivity contribution in [2.45, 2.75) is 13.8 Å². The zero-order chi connectivity index (χ0) is 14.5. The first kappa shape index (κ1) is 13.7. The SMILES string of the molecule is C=C/C=C(\C=C(C)C)n1ncc2cc(NC=O)ncc21. The van der Waals surface area contributed by atoms with Gasteiger partial charge in [0.2, 0.25) is 6.41 Å². The molecule has 0 radical (unpaired) electrons. The van der Waals surface area contributed by atoms with Crippen LogP contribution in [0.4, 0.5) is 5.82 Å². The van der Waals surface area contributed by atoms with Gasteiger partial charge >= 0.3 is 0 Å². The summed E-state index contributed by atoms with van der Waals surface area (Å²) in [5.41, 5.74) is 2.94. The molecule has 5 heteroatoms. The third-order valence-corrected chi connectivity index (χ3v) is 2.63. The minimum Gasteiger partial charge on any atom is -0.313 e. The summed E-state index contributed by atoms with van der Waals surface area (Å²) in [5, 5.41) is 7.80. The molecule has 0 aliphatic rings. The van der Waals surface area contributed by atoms with Crippen molar-refractivity contribution in [3.05, 3.63) is 48.8 Å². The lowest BCUT2D eigenvalue weighted by atomic mass is 10.2. The molecule has 0 fully saturated rings. The van der Waals surface area contributed by atoms with Gasteiger partial charge in [-0.15, -0.1) is 0 Å². The average molecular weight is 268 g/mol. The number of hydrogen-bond acceptors (Lipinski definition) is 3. The Bertz CT molecular complexity index is 706. The smallest absolute Gasteiger partial charge is 0.212 e. The van der Waals surface area contributed by atoms with E-state index in [0.717, 1.165) is 22.2 Å². The summed E-state index contributed by atoms with van der Waals surface area (Å²) >= 11 is 0. The van der Waals surface area contributed by atoms with Gasteiger partial charge in [-0.3, -0.25) is 4.79 Å². The minimum absolute atomic E-state index is 0.503. The summed E-state index contributed by atoms with van der Waals surface area (Å²) in [5.74, 6) is 0.503. The zero-order valence-electron chi connectivity index (χ0n) is 11.5. The van der Waals surface area contributed by atoms with E-state index in [2.05, 4.69) is 22.0 Å². The van der Waals surface area contributed by atoms with Crippen LogP contribution >= 0.6 is 0 Å². The first-order valence-electron chi connectivity index (χ1n) is 6.17. The molecular weight excluding hydrogens is 252 g/mol. The maximum atomic E-state index is 10.4. The summed E-state index contributed by atoms with van der Waals surface area (Å²) in [7, 11) is 0. The first-order valence-corrected chi connectivity index (χ1v) is 6.17. The molecule has 20 heavy (non-hydrogen) atoms. The second-order valence-electron chi connectivity index (χ2n) is 4.50. The number of carbonyl (C=O) groups is 1. The van der Waals surface area contributed by atoms with Crippen molar-refractivity contribution in [2.24, 2.45) is 0 Å². The van der Waals surface area contributed by atoms with Gasteiger partial charge in [0, 0.05) is 5.39 Å². The number of pyridine rings is 1. The number of anilines is 1. The molecule has 0 aliphatic carbocycles. The molecule has 1 amide bonds. The van der Waals surface area contributed by atoms with Crippen molar-refractivity contribution in [3.8, 4) is 0 Å². The Balaban J connectivity index is 2.54. The van der Waals surface area contributed by atoms with Gasteiger partial charge in [0.05, 0.1) is 23.6 Å². The Hall–Kier alpha value is -2.69. The molecule has 0 unspecified atom stereocenters. The molecular formula is C15H16N4O. The number of rotatable bonds is 5. The fourth-order valence-corrected chi connectivity index (χ4v) is 1.87. The number of amides is 1. The second-order valence-corrected chi connectivity index (χ2v) is 4.50. The molecule has 102 valence electrons. The normalized spacial score (nSPS) is 11.2. The van der Waals surface area contributed by atoms with Gasteiger partial charge in [0.1, 0.15) is 5.82 Å². The summed E-state index contributed by atoms with van der Waals surface area (Å²) in [6.45, 7) is 7.77. The summed E-state index contributed by atoms with van der Waals surface area (Å²) in [4.78, 5) is 14.6. The first-order chi connectivity index (χ1) is 9.65. The zero-order valence-corrected chi connectivity index (χ0v) is 11.5. The molecule has 0 saturated heterocycles. The lowest BCUT2D eigenvalue weighted by molar-refractivity contribution is -0.105. The van der Waals surface area contributed by atoms with E-state index in [1.54, 1.807) is 29.2 Å². The van der Waals surface area contributed by atoms with Crippen LogP contribution in [0, 0.1) is 0 Å². The van der Waals surface area contributed by atoms with Crippen LogP contribution in [0.2, 0.25) is 0 Å². The Morgan fingerprint density at radius 1 is 1.40 bits per heavy atom. The predicted molar refractivity (Wildman–Crippen MR) is 81.1 cm³/mol. The highest BCUT2D eigenvalue weighted by atomic mass is 16.1. The van der Waals surface area contributed by atoms with Crippen molar-refractivity contribution in [1.82, 2.24) is 14.8 Å². The molecule has 5 nitrogen and oxygen atoms in total. The molecule has 0 spiro atoms. The lowest BCUT2D eigenvalue weighted by Gasteiger charge is -2.05. The van der Waals surface area contributed by atoms with E-state index in [1.807, 2.05) is 26.0 Å². The number of nitrogens with one attached hydrogen (secondary N) is 1. The van der Waals surface area contributed by atoms with Gasteiger partial charge in [0.25, 0.3) is 0 Å². The molecule has 2 rings (SSSR count). The topological polar surface area (TPSA) is 59.8 Å². The minimum atomic E-state index is 0.503. The Morgan fingerprint density at radius 2 is 2.20 bits per heavy atom. The summed E-state index contributed by atoms with van der Waals surface area (Å²) in [6, 6.07) is 1.78.